The Morgan fingerprint density at radius 3 is 2.77 bits per heavy atom. The molecule has 1 fully saturated rings. The second kappa shape index (κ2) is 8.69. The van der Waals surface area contributed by atoms with Crippen molar-refractivity contribution in [3.8, 4) is 0 Å². The molecular weight excluding hydrogens is 378 g/mol. The van der Waals surface area contributed by atoms with E-state index in [9.17, 15) is 4.79 Å². The number of aryl methyl sites for hydroxylation is 1. The van der Waals surface area contributed by atoms with Crippen molar-refractivity contribution in [1.29, 1.82) is 0 Å². The Morgan fingerprint density at radius 2 is 2.03 bits per heavy atom. The third-order valence-corrected chi connectivity index (χ3v) is 5.60. The van der Waals surface area contributed by atoms with Gasteiger partial charge in [-0.05, 0) is 79.6 Å². The van der Waals surface area contributed by atoms with Crippen LogP contribution in [0.1, 0.15) is 35.6 Å². The van der Waals surface area contributed by atoms with Gasteiger partial charge in [0, 0.05) is 11.9 Å². The molecule has 156 valence electrons. The molecule has 4 rings (SSSR count). The minimum absolute atomic E-state index is 0.192. The van der Waals surface area contributed by atoms with Crippen molar-refractivity contribution in [3.05, 3.63) is 70.3 Å². The first kappa shape index (κ1) is 20.1. The van der Waals surface area contributed by atoms with Crippen molar-refractivity contribution >= 4 is 28.0 Å². The van der Waals surface area contributed by atoms with Gasteiger partial charge in [0.2, 0.25) is 0 Å². The summed E-state index contributed by atoms with van der Waals surface area (Å²) in [5.74, 6) is 1.08. The quantitative estimate of drug-likeness (QED) is 0.469. The highest BCUT2D eigenvalue weighted by Crippen LogP contribution is 2.31. The average molecular weight is 406 g/mol. The lowest BCUT2D eigenvalue weighted by atomic mass is 9.87. The fourth-order valence-electron chi connectivity index (χ4n) is 4.12. The number of pyridine rings is 2. The smallest absolute Gasteiger partial charge is 0.259 e. The summed E-state index contributed by atoms with van der Waals surface area (Å²) in [6, 6.07) is 10.0. The largest absolute Gasteiger partial charge is 0.340 e. The first-order valence-electron chi connectivity index (χ1n) is 10.2. The predicted molar refractivity (Wildman–Crippen MR) is 121 cm³/mol. The molecule has 0 radical (unpaired) electrons. The highest BCUT2D eigenvalue weighted by Gasteiger charge is 2.18. The van der Waals surface area contributed by atoms with Crippen LogP contribution in [0.15, 0.2) is 47.9 Å². The van der Waals surface area contributed by atoms with E-state index in [-0.39, 0.29) is 5.56 Å². The van der Waals surface area contributed by atoms with Gasteiger partial charge in [-0.25, -0.2) is 4.98 Å². The molecule has 3 heterocycles. The van der Waals surface area contributed by atoms with Gasteiger partial charge in [-0.15, -0.1) is 0 Å². The van der Waals surface area contributed by atoms with Crippen LogP contribution in [0.3, 0.4) is 0 Å². The molecule has 0 spiro atoms. The minimum Gasteiger partial charge on any atom is -0.340 e. The van der Waals surface area contributed by atoms with E-state index in [0.717, 1.165) is 37.0 Å². The lowest BCUT2D eigenvalue weighted by molar-refractivity contribution is 0.136. The topological polar surface area (TPSA) is 91.1 Å². The number of benzene rings is 1. The lowest BCUT2D eigenvalue weighted by Crippen LogP contribution is -2.26. The van der Waals surface area contributed by atoms with E-state index in [4.69, 9.17) is 4.84 Å². The molecule has 3 aromatic rings. The summed E-state index contributed by atoms with van der Waals surface area (Å²) in [6.45, 7) is 8.22. The number of aromatic amines is 1. The van der Waals surface area contributed by atoms with Crippen molar-refractivity contribution in [2.75, 3.05) is 25.5 Å². The van der Waals surface area contributed by atoms with Gasteiger partial charge in [-0.1, -0.05) is 12.6 Å². The lowest BCUT2D eigenvalue weighted by Gasteiger charge is -2.25. The SMILES string of the molecule is C=C(NOC)c1cc2cc[nH]c(=O)c2c(Nc2ccc(C3CCNCC3)c(C)c2)n1. The molecule has 2 aromatic heterocycles. The molecular formula is C23H27N5O2. The number of hydrogen-bond donors (Lipinski definition) is 4. The van der Waals surface area contributed by atoms with Gasteiger partial charge in [0.25, 0.3) is 5.56 Å². The highest BCUT2D eigenvalue weighted by molar-refractivity contribution is 5.94. The maximum Gasteiger partial charge on any atom is 0.259 e. The van der Waals surface area contributed by atoms with E-state index in [1.54, 1.807) is 6.20 Å². The van der Waals surface area contributed by atoms with Gasteiger partial charge in [0.05, 0.1) is 23.9 Å². The van der Waals surface area contributed by atoms with Crippen molar-refractivity contribution < 1.29 is 4.84 Å². The molecule has 1 aliphatic rings. The monoisotopic (exact) mass is 405 g/mol. The number of H-pyrrole nitrogens is 1. The number of anilines is 2. The summed E-state index contributed by atoms with van der Waals surface area (Å²) in [6.07, 6.45) is 3.94. The second-order valence-corrected chi connectivity index (χ2v) is 7.63. The number of fused-ring (bicyclic) bond motifs is 1. The first-order chi connectivity index (χ1) is 14.6. The molecule has 7 heteroatoms. The van der Waals surface area contributed by atoms with E-state index < -0.39 is 0 Å². The van der Waals surface area contributed by atoms with Crippen LogP contribution in [0.4, 0.5) is 11.5 Å². The van der Waals surface area contributed by atoms with Crippen LogP contribution in [0.5, 0.6) is 0 Å². The molecule has 0 saturated carbocycles. The molecule has 4 N–H and O–H groups in total. The van der Waals surface area contributed by atoms with Crippen LogP contribution in [-0.2, 0) is 4.84 Å². The molecule has 1 aromatic carbocycles. The fourth-order valence-corrected chi connectivity index (χ4v) is 4.12. The molecule has 0 bridgehead atoms. The zero-order valence-corrected chi connectivity index (χ0v) is 17.3. The van der Waals surface area contributed by atoms with Gasteiger partial charge in [-0.2, -0.15) is 0 Å². The second-order valence-electron chi connectivity index (χ2n) is 7.63. The first-order valence-corrected chi connectivity index (χ1v) is 10.2. The van der Waals surface area contributed by atoms with Crippen molar-refractivity contribution in [3.63, 3.8) is 0 Å². The molecule has 0 atom stereocenters. The molecule has 0 unspecified atom stereocenters. The minimum atomic E-state index is -0.192. The summed E-state index contributed by atoms with van der Waals surface area (Å²) in [7, 11) is 1.52. The number of nitrogens with one attached hydrogen (secondary N) is 4. The molecule has 1 aliphatic heterocycles. The normalized spacial score (nSPS) is 14.6. The number of hydroxylamine groups is 1. The zero-order chi connectivity index (χ0) is 21.1. The van der Waals surface area contributed by atoms with Crippen LogP contribution in [0.25, 0.3) is 16.5 Å². The molecule has 30 heavy (non-hydrogen) atoms. The summed E-state index contributed by atoms with van der Waals surface area (Å²) < 4.78 is 0. The summed E-state index contributed by atoms with van der Waals surface area (Å²) in [5, 5.41) is 8.04. The Balaban J connectivity index is 1.71. The Labute approximate surface area is 175 Å². The van der Waals surface area contributed by atoms with Gasteiger partial charge < -0.3 is 15.6 Å². The fraction of sp³-hybridized carbons (Fsp3) is 0.304. The molecule has 1 saturated heterocycles. The third-order valence-electron chi connectivity index (χ3n) is 5.60. The molecule has 0 aliphatic carbocycles. The van der Waals surface area contributed by atoms with Crippen LogP contribution in [0.2, 0.25) is 0 Å². The van der Waals surface area contributed by atoms with E-state index in [1.165, 1.54) is 18.2 Å². The van der Waals surface area contributed by atoms with Crippen LogP contribution in [-0.4, -0.2) is 30.2 Å². The van der Waals surface area contributed by atoms with Crippen LogP contribution >= 0.6 is 0 Å². The summed E-state index contributed by atoms with van der Waals surface area (Å²) in [4.78, 5) is 24.8. The van der Waals surface area contributed by atoms with E-state index >= 15 is 0 Å². The van der Waals surface area contributed by atoms with E-state index in [1.807, 2.05) is 12.1 Å². The highest BCUT2D eigenvalue weighted by atomic mass is 16.6. The molecule has 0 amide bonds. The Morgan fingerprint density at radius 1 is 1.23 bits per heavy atom. The van der Waals surface area contributed by atoms with Gasteiger partial charge in [-0.3, -0.25) is 15.1 Å². The summed E-state index contributed by atoms with van der Waals surface area (Å²) >= 11 is 0. The van der Waals surface area contributed by atoms with E-state index in [0.29, 0.717) is 28.5 Å². The van der Waals surface area contributed by atoms with Gasteiger partial charge in [0.1, 0.15) is 5.82 Å². The number of nitrogens with zero attached hydrogens (tertiary/aromatic N) is 1. The average Bonchev–Trinajstić information content (AvgIpc) is 2.74. The van der Waals surface area contributed by atoms with Crippen molar-refractivity contribution in [1.82, 2.24) is 20.8 Å². The Hall–Kier alpha value is -3.16. The number of hydrogen-bond acceptors (Lipinski definition) is 6. The maximum atomic E-state index is 12.5. The van der Waals surface area contributed by atoms with Crippen molar-refractivity contribution in [2.45, 2.75) is 25.7 Å². The van der Waals surface area contributed by atoms with Gasteiger partial charge in [0.15, 0.2) is 0 Å². The summed E-state index contributed by atoms with van der Waals surface area (Å²) in [5.41, 5.74) is 7.16. The number of piperidine rings is 1. The van der Waals surface area contributed by atoms with Gasteiger partial charge >= 0.3 is 0 Å². The maximum absolute atomic E-state index is 12.5. The van der Waals surface area contributed by atoms with Crippen LogP contribution < -0.4 is 21.7 Å². The number of aromatic nitrogens is 2. The zero-order valence-electron chi connectivity index (χ0n) is 17.3. The van der Waals surface area contributed by atoms with E-state index in [2.05, 4.69) is 57.8 Å². The Kier molecular flexibility index (Phi) is 5.83. The predicted octanol–water partition coefficient (Wildman–Crippen LogP) is 3.56. The standard InChI is InChI=1S/C23H27N5O2/c1-14-12-18(4-5-19(14)16-6-9-24-10-7-16)26-22-21-17(8-11-25-23(21)29)13-20(27-22)15(2)28-30-3/h4-5,8,11-13,16,24,28H,2,6-7,9-10H2,1,3H3,(H,25,29)(H,26,27). The number of rotatable bonds is 6. The van der Waals surface area contributed by atoms with Crippen molar-refractivity contribution in [2.24, 2.45) is 0 Å². The Bertz CT molecular complexity index is 1130. The third kappa shape index (κ3) is 4.08. The molecule has 7 nitrogen and oxygen atoms in total. The van der Waals surface area contributed by atoms with Crippen LogP contribution in [0, 0.1) is 6.92 Å².